The van der Waals surface area contributed by atoms with E-state index in [9.17, 15) is 0 Å². The van der Waals surface area contributed by atoms with Crippen LogP contribution in [0.15, 0.2) is 11.6 Å². The van der Waals surface area contributed by atoms with Gasteiger partial charge >= 0.3 is 0 Å². The van der Waals surface area contributed by atoms with Gasteiger partial charge in [0, 0.05) is 12.1 Å². The van der Waals surface area contributed by atoms with Crippen molar-refractivity contribution in [1.82, 2.24) is 5.32 Å². The molecule has 14 heavy (non-hydrogen) atoms. The fraction of sp³-hybridized carbons (Fsp3) is 0.846. The van der Waals surface area contributed by atoms with E-state index in [1.807, 2.05) is 0 Å². The molecule has 1 rings (SSSR count). The molecule has 0 aromatic heterocycles. The van der Waals surface area contributed by atoms with E-state index in [-0.39, 0.29) is 5.54 Å². The maximum atomic E-state index is 3.57. The molecule has 0 saturated heterocycles. The van der Waals surface area contributed by atoms with E-state index in [1.54, 1.807) is 5.57 Å². The van der Waals surface area contributed by atoms with Crippen LogP contribution in [-0.4, -0.2) is 12.1 Å². The highest BCUT2D eigenvalue weighted by Crippen LogP contribution is 2.32. The second kappa shape index (κ2) is 4.48. The van der Waals surface area contributed by atoms with Gasteiger partial charge in [-0.05, 0) is 45.4 Å². The van der Waals surface area contributed by atoms with Crippen LogP contribution in [0.1, 0.15) is 47.5 Å². The number of rotatable bonds is 4. The van der Waals surface area contributed by atoms with Gasteiger partial charge in [0.15, 0.2) is 0 Å². The van der Waals surface area contributed by atoms with Gasteiger partial charge in [0.25, 0.3) is 0 Å². The third-order valence-electron chi connectivity index (χ3n) is 2.64. The average molecular weight is 195 g/mol. The Morgan fingerprint density at radius 3 is 2.29 bits per heavy atom. The molecule has 0 aromatic rings. The van der Waals surface area contributed by atoms with Crippen molar-refractivity contribution in [2.45, 2.75) is 53.0 Å². The largest absolute Gasteiger partial charge is 0.308 e. The Morgan fingerprint density at radius 2 is 1.93 bits per heavy atom. The van der Waals surface area contributed by atoms with Crippen molar-refractivity contribution < 1.29 is 0 Å². The van der Waals surface area contributed by atoms with Crippen LogP contribution in [0.3, 0.4) is 0 Å². The first-order valence-corrected chi connectivity index (χ1v) is 5.84. The Bertz CT molecular complexity index is 204. The third kappa shape index (κ3) is 4.80. The zero-order valence-corrected chi connectivity index (χ0v) is 10.4. The summed E-state index contributed by atoms with van der Waals surface area (Å²) in [5.74, 6) is 1.58. The summed E-state index contributed by atoms with van der Waals surface area (Å²) < 4.78 is 0. The molecule has 0 aliphatic heterocycles. The van der Waals surface area contributed by atoms with Crippen LogP contribution >= 0.6 is 0 Å². The maximum absolute atomic E-state index is 3.57. The van der Waals surface area contributed by atoms with Crippen LogP contribution in [0.5, 0.6) is 0 Å². The Labute approximate surface area is 89.0 Å². The highest BCUT2D eigenvalue weighted by atomic mass is 14.9. The quantitative estimate of drug-likeness (QED) is 0.678. The third-order valence-corrected chi connectivity index (χ3v) is 2.64. The summed E-state index contributed by atoms with van der Waals surface area (Å²) in [6, 6.07) is 0. The summed E-state index contributed by atoms with van der Waals surface area (Å²) in [5, 5.41) is 3.57. The van der Waals surface area contributed by atoms with Crippen LogP contribution < -0.4 is 5.32 Å². The fourth-order valence-electron chi connectivity index (χ4n) is 1.39. The van der Waals surface area contributed by atoms with E-state index in [1.165, 1.54) is 12.8 Å². The Balaban J connectivity index is 2.43. The molecule has 0 spiro atoms. The lowest BCUT2D eigenvalue weighted by Gasteiger charge is -2.23. The van der Waals surface area contributed by atoms with Crippen LogP contribution in [0, 0.1) is 11.8 Å². The molecule has 0 aromatic carbocycles. The smallest absolute Gasteiger partial charge is 0.0172 e. The molecule has 0 bridgehead atoms. The van der Waals surface area contributed by atoms with Gasteiger partial charge in [0.1, 0.15) is 0 Å². The second-order valence-corrected chi connectivity index (χ2v) is 5.84. The zero-order chi connectivity index (χ0) is 10.8. The molecule has 0 amide bonds. The topological polar surface area (TPSA) is 12.0 Å². The van der Waals surface area contributed by atoms with Gasteiger partial charge in [-0.2, -0.15) is 0 Å². The van der Waals surface area contributed by atoms with Gasteiger partial charge in [-0.15, -0.1) is 0 Å². The van der Waals surface area contributed by atoms with E-state index in [4.69, 9.17) is 0 Å². The number of allylic oxidation sites excluding steroid dienone is 1. The zero-order valence-electron chi connectivity index (χ0n) is 10.4. The van der Waals surface area contributed by atoms with Crippen LogP contribution in [0.2, 0.25) is 0 Å². The van der Waals surface area contributed by atoms with Crippen molar-refractivity contribution in [2.75, 3.05) is 6.54 Å². The lowest BCUT2D eigenvalue weighted by molar-refractivity contribution is 0.436. The van der Waals surface area contributed by atoms with Crippen molar-refractivity contribution in [3.63, 3.8) is 0 Å². The van der Waals surface area contributed by atoms with E-state index in [0.29, 0.717) is 5.92 Å². The molecule has 82 valence electrons. The summed E-state index contributed by atoms with van der Waals surface area (Å²) in [6.45, 7) is 12.3. The molecule has 1 saturated carbocycles. The van der Waals surface area contributed by atoms with E-state index >= 15 is 0 Å². The van der Waals surface area contributed by atoms with Crippen LogP contribution in [0.25, 0.3) is 0 Å². The summed E-state index contributed by atoms with van der Waals surface area (Å²) in [5.41, 5.74) is 1.82. The first-order valence-electron chi connectivity index (χ1n) is 5.84. The summed E-state index contributed by atoms with van der Waals surface area (Å²) in [7, 11) is 0. The minimum absolute atomic E-state index is 0.234. The summed E-state index contributed by atoms with van der Waals surface area (Å²) in [6.07, 6.45) is 5.31. The second-order valence-electron chi connectivity index (χ2n) is 5.84. The van der Waals surface area contributed by atoms with Gasteiger partial charge in [0.05, 0.1) is 0 Å². The van der Waals surface area contributed by atoms with E-state index in [2.05, 4.69) is 46.0 Å². The fourth-order valence-corrected chi connectivity index (χ4v) is 1.39. The van der Waals surface area contributed by atoms with Crippen LogP contribution in [0.4, 0.5) is 0 Å². The molecule has 1 aliphatic carbocycles. The van der Waals surface area contributed by atoms with Gasteiger partial charge in [0.2, 0.25) is 0 Å². The monoisotopic (exact) mass is 195 g/mol. The number of hydrogen-bond acceptors (Lipinski definition) is 1. The van der Waals surface area contributed by atoms with Crippen molar-refractivity contribution >= 4 is 0 Å². The lowest BCUT2D eigenvalue weighted by Crippen LogP contribution is -2.37. The Kier molecular flexibility index (Phi) is 3.77. The molecule has 1 heteroatoms. The number of nitrogens with one attached hydrogen (secondary N) is 1. The van der Waals surface area contributed by atoms with Crippen molar-refractivity contribution in [3.8, 4) is 0 Å². The van der Waals surface area contributed by atoms with Gasteiger partial charge in [-0.25, -0.2) is 0 Å². The molecule has 0 heterocycles. The first-order chi connectivity index (χ1) is 6.38. The molecule has 1 nitrogen and oxygen atoms in total. The maximum Gasteiger partial charge on any atom is 0.0172 e. The predicted octanol–water partition coefficient (Wildman–Crippen LogP) is 3.37. The average Bonchev–Trinajstić information content (AvgIpc) is 2.78. The Morgan fingerprint density at radius 1 is 1.36 bits per heavy atom. The van der Waals surface area contributed by atoms with Gasteiger partial charge in [-0.3, -0.25) is 0 Å². The van der Waals surface area contributed by atoms with E-state index < -0.39 is 0 Å². The molecule has 1 fully saturated rings. The number of hydrogen-bond donors (Lipinski definition) is 1. The summed E-state index contributed by atoms with van der Waals surface area (Å²) in [4.78, 5) is 0. The standard InChI is InChI=1S/C13H25N/c1-10(2)12(8-11-6-7-11)9-14-13(3,4)5/h8,10-11,14H,6-7,9H2,1-5H3. The Hall–Kier alpha value is -0.300. The summed E-state index contributed by atoms with van der Waals surface area (Å²) >= 11 is 0. The molecular weight excluding hydrogens is 170 g/mol. The van der Waals surface area contributed by atoms with Gasteiger partial charge in [-0.1, -0.05) is 25.5 Å². The van der Waals surface area contributed by atoms with Crippen LogP contribution in [-0.2, 0) is 0 Å². The SMILES string of the molecule is CC(C)C(=CC1CC1)CNC(C)(C)C. The van der Waals surface area contributed by atoms with Crippen molar-refractivity contribution in [1.29, 1.82) is 0 Å². The lowest BCUT2D eigenvalue weighted by atomic mass is 10.00. The van der Waals surface area contributed by atoms with Crippen molar-refractivity contribution in [2.24, 2.45) is 11.8 Å². The minimum atomic E-state index is 0.234. The van der Waals surface area contributed by atoms with Gasteiger partial charge < -0.3 is 5.32 Å². The van der Waals surface area contributed by atoms with E-state index in [0.717, 1.165) is 12.5 Å². The molecule has 0 unspecified atom stereocenters. The first kappa shape index (κ1) is 11.8. The van der Waals surface area contributed by atoms with Crippen molar-refractivity contribution in [3.05, 3.63) is 11.6 Å². The molecule has 1 N–H and O–H groups in total. The molecule has 1 aliphatic rings. The molecule has 0 radical (unpaired) electrons. The predicted molar refractivity (Wildman–Crippen MR) is 63.4 cm³/mol. The normalized spacial score (nSPS) is 19.1. The molecule has 0 atom stereocenters. The molecular formula is C13H25N. The highest BCUT2D eigenvalue weighted by molar-refractivity contribution is 5.12. The minimum Gasteiger partial charge on any atom is -0.308 e. The highest BCUT2D eigenvalue weighted by Gasteiger charge is 2.20.